The summed E-state index contributed by atoms with van der Waals surface area (Å²) in [7, 11) is 1.78. The van der Waals surface area contributed by atoms with Crippen molar-refractivity contribution in [3.05, 3.63) is 58.8 Å². The van der Waals surface area contributed by atoms with Crippen molar-refractivity contribution in [3.63, 3.8) is 0 Å². The molecule has 0 radical (unpaired) electrons. The summed E-state index contributed by atoms with van der Waals surface area (Å²) in [6, 6.07) is 5.94. The van der Waals surface area contributed by atoms with E-state index in [1.165, 1.54) is 12.1 Å². The molecule has 0 aliphatic carbocycles. The number of allylic oxidation sites excluding steroid dienone is 1. The molecule has 3 N–H and O–H groups in total. The molecule has 0 saturated heterocycles. The standard InChI is InChI=1S/C18H19ClFN5O/c1-25-17(15(19)10-23-25)12-7-16(22-9-12)18(26)24-14(8-21)6-11-3-2-4-13(20)5-11/h2-5,9-10,14H,6-8,21H2,1H3,(H,24,26)/t14-/m0/s1. The predicted molar refractivity (Wildman–Crippen MR) is 99.3 cm³/mol. The number of nitrogens with zero attached hydrogens (tertiary/aromatic N) is 3. The van der Waals surface area contributed by atoms with Gasteiger partial charge in [0.05, 0.1) is 16.9 Å². The van der Waals surface area contributed by atoms with E-state index in [1.54, 1.807) is 36.3 Å². The maximum atomic E-state index is 13.3. The molecule has 1 amide bonds. The summed E-state index contributed by atoms with van der Waals surface area (Å²) >= 11 is 6.14. The first kappa shape index (κ1) is 18.3. The summed E-state index contributed by atoms with van der Waals surface area (Å²) < 4.78 is 15.0. The molecule has 1 aromatic carbocycles. The molecule has 1 aromatic heterocycles. The molecule has 1 aliphatic heterocycles. The minimum Gasteiger partial charge on any atom is -0.347 e. The van der Waals surface area contributed by atoms with Gasteiger partial charge in [-0.25, -0.2) is 4.39 Å². The quantitative estimate of drug-likeness (QED) is 0.810. The Kier molecular flexibility index (Phi) is 5.49. The van der Waals surface area contributed by atoms with E-state index in [0.717, 1.165) is 16.8 Å². The first-order chi connectivity index (χ1) is 12.5. The third kappa shape index (κ3) is 4.00. The molecular weight excluding hydrogens is 357 g/mol. The van der Waals surface area contributed by atoms with Gasteiger partial charge >= 0.3 is 0 Å². The smallest absolute Gasteiger partial charge is 0.266 e. The molecule has 6 nitrogen and oxygen atoms in total. The average Bonchev–Trinajstić information content (AvgIpc) is 3.21. The molecule has 26 heavy (non-hydrogen) atoms. The summed E-state index contributed by atoms with van der Waals surface area (Å²) in [5.74, 6) is -0.604. The van der Waals surface area contributed by atoms with Gasteiger partial charge in [-0.05, 0) is 24.1 Å². The van der Waals surface area contributed by atoms with Gasteiger partial charge in [0.15, 0.2) is 0 Å². The lowest BCUT2D eigenvalue weighted by molar-refractivity contribution is -0.115. The van der Waals surface area contributed by atoms with Crippen LogP contribution in [0, 0.1) is 5.82 Å². The van der Waals surface area contributed by atoms with Gasteiger partial charge in [0.2, 0.25) is 0 Å². The SMILES string of the molecule is Cn1ncc(Cl)c1C1=CN=C(C(=O)N[C@H](CN)Cc2cccc(F)c2)C1. The maximum Gasteiger partial charge on any atom is 0.266 e. The summed E-state index contributed by atoms with van der Waals surface area (Å²) in [6.07, 6.45) is 3.99. The van der Waals surface area contributed by atoms with Crippen LogP contribution >= 0.6 is 11.6 Å². The van der Waals surface area contributed by atoms with Crippen molar-refractivity contribution in [2.24, 2.45) is 17.8 Å². The van der Waals surface area contributed by atoms with Crippen molar-refractivity contribution in [2.45, 2.75) is 18.9 Å². The molecule has 0 unspecified atom stereocenters. The fourth-order valence-electron chi connectivity index (χ4n) is 2.89. The highest BCUT2D eigenvalue weighted by molar-refractivity contribution is 6.42. The van der Waals surface area contributed by atoms with E-state index < -0.39 is 0 Å². The van der Waals surface area contributed by atoms with Crippen LogP contribution in [0.4, 0.5) is 4.39 Å². The molecule has 1 atom stereocenters. The zero-order chi connectivity index (χ0) is 18.7. The maximum absolute atomic E-state index is 13.3. The van der Waals surface area contributed by atoms with E-state index in [9.17, 15) is 9.18 Å². The number of aryl methyl sites for hydroxylation is 1. The van der Waals surface area contributed by atoms with E-state index in [0.29, 0.717) is 23.6 Å². The van der Waals surface area contributed by atoms with Gasteiger partial charge in [-0.3, -0.25) is 14.5 Å². The van der Waals surface area contributed by atoms with Crippen LogP contribution in [0.3, 0.4) is 0 Å². The van der Waals surface area contributed by atoms with Gasteiger partial charge < -0.3 is 11.1 Å². The Morgan fingerprint density at radius 1 is 1.50 bits per heavy atom. The second-order valence-corrected chi connectivity index (χ2v) is 6.52. The zero-order valence-corrected chi connectivity index (χ0v) is 15.0. The van der Waals surface area contributed by atoms with Gasteiger partial charge in [0.25, 0.3) is 5.91 Å². The van der Waals surface area contributed by atoms with Gasteiger partial charge in [-0.2, -0.15) is 5.10 Å². The van der Waals surface area contributed by atoms with Gasteiger partial charge in [0, 0.05) is 37.8 Å². The minimum atomic E-state index is -0.313. The molecule has 0 fully saturated rings. The van der Waals surface area contributed by atoms with Crippen LogP contribution in [0.1, 0.15) is 17.7 Å². The van der Waals surface area contributed by atoms with Crippen molar-refractivity contribution in [1.29, 1.82) is 0 Å². The molecule has 0 spiro atoms. The number of amides is 1. The fourth-order valence-corrected chi connectivity index (χ4v) is 3.18. The second-order valence-electron chi connectivity index (χ2n) is 6.11. The number of nitrogens with two attached hydrogens (primary N) is 1. The molecule has 3 rings (SSSR count). The van der Waals surface area contributed by atoms with Gasteiger partial charge in [-0.15, -0.1) is 0 Å². The first-order valence-electron chi connectivity index (χ1n) is 8.17. The van der Waals surface area contributed by atoms with Crippen LogP contribution in [0.25, 0.3) is 5.57 Å². The molecule has 0 saturated carbocycles. The van der Waals surface area contributed by atoms with Crippen molar-refractivity contribution in [2.75, 3.05) is 6.54 Å². The number of halogens is 2. The highest BCUT2D eigenvalue weighted by Crippen LogP contribution is 2.29. The number of rotatable bonds is 6. The fraction of sp³-hybridized carbons (Fsp3) is 0.278. The van der Waals surface area contributed by atoms with Crippen molar-refractivity contribution >= 4 is 28.8 Å². The minimum absolute atomic E-state index is 0.239. The summed E-state index contributed by atoms with van der Waals surface area (Å²) in [5.41, 5.74) is 8.49. The number of aromatic nitrogens is 2. The van der Waals surface area contributed by atoms with Crippen LogP contribution in [0.5, 0.6) is 0 Å². The van der Waals surface area contributed by atoms with Gasteiger partial charge in [0.1, 0.15) is 11.5 Å². The molecule has 136 valence electrons. The van der Waals surface area contributed by atoms with Crippen LogP contribution in [0.2, 0.25) is 5.02 Å². The summed E-state index contributed by atoms with van der Waals surface area (Å²) in [4.78, 5) is 16.7. The Morgan fingerprint density at radius 3 is 2.96 bits per heavy atom. The number of nitrogens with one attached hydrogen (secondary N) is 1. The third-order valence-corrected chi connectivity index (χ3v) is 4.46. The van der Waals surface area contributed by atoms with Crippen LogP contribution in [-0.4, -0.2) is 34.0 Å². The summed E-state index contributed by atoms with van der Waals surface area (Å²) in [5, 5.41) is 7.47. The zero-order valence-electron chi connectivity index (χ0n) is 14.2. The number of benzene rings is 1. The van der Waals surface area contributed by atoms with E-state index in [4.69, 9.17) is 17.3 Å². The van der Waals surface area contributed by atoms with E-state index in [2.05, 4.69) is 15.4 Å². The van der Waals surface area contributed by atoms with Crippen molar-refractivity contribution < 1.29 is 9.18 Å². The van der Waals surface area contributed by atoms with Crippen molar-refractivity contribution in [3.8, 4) is 0 Å². The molecular formula is C18H19ClFN5O. The molecule has 2 aromatic rings. The average molecular weight is 376 g/mol. The lowest BCUT2D eigenvalue weighted by atomic mass is 10.0. The number of hydrogen-bond acceptors (Lipinski definition) is 4. The Bertz CT molecular complexity index is 870. The van der Waals surface area contributed by atoms with E-state index in [1.807, 2.05) is 0 Å². The lowest BCUT2D eigenvalue weighted by Gasteiger charge is -2.17. The Morgan fingerprint density at radius 2 is 2.31 bits per heavy atom. The molecule has 0 bridgehead atoms. The molecule has 8 heteroatoms. The molecule has 2 heterocycles. The molecule has 1 aliphatic rings. The number of aliphatic imine (C=N–C) groups is 1. The Hall–Kier alpha value is -2.51. The second kappa shape index (κ2) is 7.80. The highest BCUT2D eigenvalue weighted by atomic mass is 35.5. The Labute approximate surface area is 155 Å². The Balaban J connectivity index is 1.61. The van der Waals surface area contributed by atoms with Crippen molar-refractivity contribution in [1.82, 2.24) is 15.1 Å². The lowest BCUT2D eigenvalue weighted by Crippen LogP contribution is -2.44. The van der Waals surface area contributed by atoms with E-state index in [-0.39, 0.29) is 24.3 Å². The van der Waals surface area contributed by atoms with Crippen LogP contribution in [-0.2, 0) is 18.3 Å². The van der Waals surface area contributed by atoms with Crippen LogP contribution in [0.15, 0.2) is 41.7 Å². The highest BCUT2D eigenvalue weighted by Gasteiger charge is 2.24. The largest absolute Gasteiger partial charge is 0.347 e. The van der Waals surface area contributed by atoms with Gasteiger partial charge in [-0.1, -0.05) is 23.7 Å². The monoisotopic (exact) mass is 375 g/mol. The third-order valence-electron chi connectivity index (χ3n) is 4.19. The first-order valence-corrected chi connectivity index (χ1v) is 8.54. The van der Waals surface area contributed by atoms with Crippen LogP contribution < -0.4 is 11.1 Å². The normalized spacial score (nSPS) is 14.8. The topological polar surface area (TPSA) is 85.3 Å². The number of carbonyl (C=O) groups is 1. The number of carbonyl (C=O) groups excluding carboxylic acids is 1. The summed E-state index contributed by atoms with van der Waals surface area (Å²) in [6.45, 7) is 0.239. The van der Waals surface area contributed by atoms with E-state index >= 15 is 0 Å². The predicted octanol–water partition coefficient (Wildman–Crippen LogP) is 2.08. The number of hydrogen-bond donors (Lipinski definition) is 2.